The van der Waals surface area contributed by atoms with E-state index in [9.17, 15) is 9.59 Å². The molecule has 7 nitrogen and oxygen atoms in total. The molecule has 3 rings (SSSR count). The predicted molar refractivity (Wildman–Crippen MR) is 75.1 cm³/mol. The molecule has 1 aromatic rings. The SMILES string of the molecule is CN1CC[C@@H]2CN(C(=O)CCCn3cncn3)C[C@@H]2C1=O. The predicted octanol–water partition coefficient (Wildman–Crippen LogP) is -0.00500. The van der Waals surface area contributed by atoms with E-state index in [0.29, 0.717) is 25.4 Å². The summed E-state index contributed by atoms with van der Waals surface area (Å²) in [5, 5.41) is 4.02. The fourth-order valence-electron chi connectivity index (χ4n) is 3.30. The average molecular weight is 291 g/mol. The quantitative estimate of drug-likeness (QED) is 0.782. The van der Waals surface area contributed by atoms with Crippen LogP contribution in [0.3, 0.4) is 0 Å². The van der Waals surface area contributed by atoms with Crippen molar-refractivity contribution in [3.05, 3.63) is 12.7 Å². The molecule has 0 unspecified atom stereocenters. The van der Waals surface area contributed by atoms with Crippen LogP contribution in [0.25, 0.3) is 0 Å². The molecule has 2 fully saturated rings. The van der Waals surface area contributed by atoms with E-state index in [-0.39, 0.29) is 17.7 Å². The molecule has 21 heavy (non-hydrogen) atoms. The van der Waals surface area contributed by atoms with Crippen molar-refractivity contribution in [3.63, 3.8) is 0 Å². The van der Waals surface area contributed by atoms with Gasteiger partial charge in [-0.1, -0.05) is 0 Å². The van der Waals surface area contributed by atoms with Gasteiger partial charge in [0.2, 0.25) is 11.8 Å². The van der Waals surface area contributed by atoms with Gasteiger partial charge in [0, 0.05) is 39.6 Å². The molecule has 0 radical (unpaired) electrons. The number of aryl methyl sites for hydroxylation is 1. The fraction of sp³-hybridized carbons (Fsp3) is 0.714. The Bertz CT molecular complexity index is 515. The van der Waals surface area contributed by atoms with Crippen molar-refractivity contribution in [2.24, 2.45) is 11.8 Å². The van der Waals surface area contributed by atoms with E-state index in [4.69, 9.17) is 0 Å². The Labute approximate surface area is 123 Å². The van der Waals surface area contributed by atoms with Crippen LogP contribution in [0.2, 0.25) is 0 Å². The summed E-state index contributed by atoms with van der Waals surface area (Å²) in [5.74, 6) is 0.722. The van der Waals surface area contributed by atoms with E-state index < -0.39 is 0 Å². The molecule has 0 N–H and O–H groups in total. The standard InChI is InChI=1S/C14H21N5O2/c1-17-6-4-11-7-18(8-12(11)14(17)21)13(20)3-2-5-19-10-15-9-16-19/h9-12H,2-8H2,1H3/t11-,12+/m1/s1. The van der Waals surface area contributed by atoms with Crippen LogP contribution in [0.4, 0.5) is 0 Å². The molecule has 0 aromatic carbocycles. The van der Waals surface area contributed by atoms with Crippen LogP contribution in [-0.4, -0.2) is 63.1 Å². The van der Waals surface area contributed by atoms with Crippen LogP contribution in [0.5, 0.6) is 0 Å². The number of hydrogen-bond acceptors (Lipinski definition) is 4. The van der Waals surface area contributed by atoms with Crippen LogP contribution < -0.4 is 0 Å². The summed E-state index contributed by atoms with van der Waals surface area (Å²) >= 11 is 0. The van der Waals surface area contributed by atoms with E-state index >= 15 is 0 Å². The molecule has 2 atom stereocenters. The number of hydrogen-bond donors (Lipinski definition) is 0. The minimum absolute atomic E-state index is 0.0167. The first-order valence-corrected chi connectivity index (χ1v) is 7.50. The fourth-order valence-corrected chi connectivity index (χ4v) is 3.30. The van der Waals surface area contributed by atoms with Crippen molar-refractivity contribution in [1.29, 1.82) is 0 Å². The third kappa shape index (κ3) is 2.91. The number of amides is 2. The molecule has 2 aliphatic heterocycles. The highest BCUT2D eigenvalue weighted by Gasteiger charge is 2.42. The second-order valence-electron chi connectivity index (χ2n) is 5.98. The molecule has 2 aliphatic rings. The minimum atomic E-state index is 0.0167. The Morgan fingerprint density at radius 1 is 1.43 bits per heavy atom. The highest BCUT2D eigenvalue weighted by Crippen LogP contribution is 2.31. The molecule has 7 heteroatoms. The second-order valence-corrected chi connectivity index (χ2v) is 5.98. The largest absolute Gasteiger partial charge is 0.345 e. The van der Waals surface area contributed by atoms with Crippen LogP contribution >= 0.6 is 0 Å². The molecular weight excluding hydrogens is 270 g/mol. The first-order chi connectivity index (χ1) is 10.1. The summed E-state index contributed by atoms with van der Waals surface area (Å²) in [7, 11) is 1.85. The molecule has 0 saturated carbocycles. The number of piperidine rings is 1. The van der Waals surface area contributed by atoms with E-state index in [1.165, 1.54) is 6.33 Å². The van der Waals surface area contributed by atoms with Gasteiger partial charge in [-0.2, -0.15) is 5.10 Å². The summed E-state index contributed by atoms with van der Waals surface area (Å²) in [6.45, 7) is 2.85. The number of likely N-dealkylation sites (tertiary alicyclic amines) is 2. The van der Waals surface area contributed by atoms with Crippen molar-refractivity contribution >= 4 is 11.8 Å². The van der Waals surface area contributed by atoms with Gasteiger partial charge in [-0.05, 0) is 18.8 Å². The first kappa shape index (κ1) is 14.0. The van der Waals surface area contributed by atoms with Gasteiger partial charge < -0.3 is 9.80 Å². The minimum Gasteiger partial charge on any atom is -0.345 e. The maximum Gasteiger partial charge on any atom is 0.227 e. The molecule has 2 saturated heterocycles. The van der Waals surface area contributed by atoms with Gasteiger partial charge in [-0.15, -0.1) is 0 Å². The topological polar surface area (TPSA) is 71.3 Å². The zero-order chi connectivity index (χ0) is 14.8. The van der Waals surface area contributed by atoms with Crippen LogP contribution in [-0.2, 0) is 16.1 Å². The lowest BCUT2D eigenvalue weighted by Gasteiger charge is -2.30. The number of aromatic nitrogens is 3. The van der Waals surface area contributed by atoms with Crippen molar-refractivity contribution < 1.29 is 9.59 Å². The third-order valence-electron chi connectivity index (χ3n) is 4.57. The Hall–Kier alpha value is -1.92. The third-order valence-corrected chi connectivity index (χ3v) is 4.57. The maximum atomic E-state index is 12.3. The van der Waals surface area contributed by atoms with E-state index in [2.05, 4.69) is 10.1 Å². The lowest BCUT2D eigenvalue weighted by molar-refractivity contribution is -0.138. The number of fused-ring (bicyclic) bond motifs is 1. The van der Waals surface area contributed by atoms with Crippen LogP contribution in [0.1, 0.15) is 19.3 Å². The number of nitrogens with zero attached hydrogens (tertiary/aromatic N) is 5. The average Bonchev–Trinajstić information content (AvgIpc) is 3.12. The van der Waals surface area contributed by atoms with Gasteiger partial charge in [0.05, 0.1) is 5.92 Å². The molecule has 0 spiro atoms. The van der Waals surface area contributed by atoms with E-state index in [1.807, 2.05) is 11.9 Å². The molecular formula is C14H21N5O2. The van der Waals surface area contributed by atoms with Gasteiger partial charge in [0.25, 0.3) is 0 Å². The summed E-state index contributed by atoms with van der Waals surface area (Å²) in [5.41, 5.74) is 0. The van der Waals surface area contributed by atoms with E-state index in [1.54, 1.807) is 15.9 Å². The highest BCUT2D eigenvalue weighted by molar-refractivity contribution is 5.83. The summed E-state index contributed by atoms with van der Waals surface area (Å²) in [4.78, 5) is 31.9. The zero-order valence-corrected chi connectivity index (χ0v) is 12.3. The Morgan fingerprint density at radius 3 is 3.05 bits per heavy atom. The highest BCUT2D eigenvalue weighted by atomic mass is 16.2. The second kappa shape index (κ2) is 5.83. The molecule has 114 valence electrons. The van der Waals surface area contributed by atoms with Crippen molar-refractivity contribution in [2.75, 3.05) is 26.7 Å². The van der Waals surface area contributed by atoms with Gasteiger partial charge in [0.15, 0.2) is 0 Å². The Kier molecular flexibility index (Phi) is 3.90. The Morgan fingerprint density at radius 2 is 2.29 bits per heavy atom. The maximum absolute atomic E-state index is 12.3. The van der Waals surface area contributed by atoms with Gasteiger partial charge >= 0.3 is 0 Å². The van der Waals surface area contributed by atoms with Crippen molar-refractivity contribution in [2.45, 2.75) is 25.8 Å². The number of rotatable bonds is 4. The monoisotopic (exact) mass is 291 g/mol. The molecule has 2 amide bonds. The van der Waals surface area contributed by atoms with Crippen molar-refractivity contribution in [3.8, 4) is 0 Å². The van der Waals surface area contributed by atoms with Gasteiger partial charge in [-0.25, -0.2) is 4.98 Å². The summed E-state index contributed by atoms with van der Waals surface area (Å²) in [6.07, 6.45) is 5.42. The zero-order valence-electron chi connectivity index (χ0n) is 12.3. The van der Waals surface area contributed by atoms with Crippen molar-refractivity contribution in [1.82, 2.24) is 24.6 Å². The molecule has 3 heterocycles. The van der Waals surface area contributed by atoms with E-state index in [0.717, 1.165) is 25.9 Å². The van der Waals surface area contributed by atoms with Crippen LogP contribution in [0, 0.1) is 11.8 Å². The lowest BCUT2D eigenvalue weighted by atomic mass is 9.88. The smallest absolute Gasteiger partial charge is 0.227 e. The molecule has 1 aromatic heterocycles. The van der Waals surface area contributed by atoms with Crippen LogP contribution in [0.15, 0.2) is 12.7 Å². The Balaban J connectivity index is 1.49. The van der Waals surface area contributed by atoms with Gasteiger partial charge in [0.1, 0.15) is 12.7 Å². The number of carbonyl (C=O) groups is 2. The molecule has 0 bridgehead atoms. The molecule has 0 aliphatic carbocycles. The number of carbonyl (C=O) groups excluding carboxylic acids is 2. The van der Waals surface area contributed by atoms with Gasteiger partial charge in [-0.3, -0.25) is 14.3 Å². The summed E-state index contributed by atoms with van der Waals surface area (Å²) < 4.78 is 1.73. The first-order valence-electron chi connectivity index (χ1n) is 7.50. The lowest BCUT2D eigenvalue weighted by Crippen LogP contribution is -2.42. The summed E-state index contributed by atoms with van der Waals surface area (Å²) in [6, 6.07) is 0. The normalized spacial score (nSPS) is 25.3.